The summed E-state index contributed by atoms with van der Waals surface area (Å²) in [5.74, 6) is 1.80. The minimum absolute atomic E-state index is 0.532. The van der Waals surface area contributed by atoms with E-state index in [4.69, 9.17) is 0 Å². The van der Waals surface area contributed by atoms with Gasteiger partial charge in [0.2, 0.25) is 0 Å². The molecule has 0 heteroatoms. The number of allylic oxidation sites excluding steroid dienone is 8. The lowest BCUT2D eigenvalue weighted by Crippen LogP contribution is -2.37. The van der Waals surface area contributed by atoms with Crippen LogP contribution in [0.3, 0.4) is 0 Å². The highest BCUT2D eigenvalue weighted by Crippen LogP contribution is 2.53. The monoisotopic (exact) mass is 294 g/mol. The van der Waals surface area contributed by atoms with Crippen molar-refractivity contribution >= 4 is 0 Å². The van der Waals surface area contributed by atoms with Gasteiger partial charge in [-0.3, -0.25) is 0 Å². The molecule has 0 saturated carbocycles. The lowest BCUT2D eigenvalue weighted by molar-refractivity contribution is 0.0657. The number of hydrogen-bond acceptors (Lipinski definition) is 0. The van der Waals surface area contributed by atoms with Crippen LogP contribution in [0, 0.1) is 17.3 Å². The fraction of sp³-hybridized carbons (Fsp3) is 0.636. The van der Waals surface area contributed by atoms with E-state index in [0.29, 0.717) is 5.41 Å². The largest absolute Gasteiger partial charge is 0.0802 e. The van der Waals surface area contributed by atoms with E-state index >= 15 is 0 Å². The molecule has 0 radical (unpaired) electrons. The van der Waals surface area contributed by atoms with Crippen LogP contribution in [0.2, 0.25) is 0 Å². The van der Waals surface area contributed by atoms with Gasteiger partial charge in [0.15, 0.2) is 0 Å². The molecule has 2 atom stereocenters. The Kier molecular flexibility index (Phi) is 3.67. The quantitative estimate of drug-likeness (QED) is 0.556. The van der Waals surface area contributed by atoms with Gasteiger partial charge in [-0.1, -0.05) is 55.7 Å². The first-order valence-corrected chi connectivity index (χ1v) is 9.45. The van der Waals surface area contributed by atoms with E-state index in [-0.39, 0.29) is 0 Å². The summed E-state index contributed by atoms with van der Waals surface area (Å²) >= 11 is 0. The summed E-state index contributed by atoms with van der Waals surface area (Å²) in [5.41, 5.74) is 7.44. The van der Waals surface area contributed by atoms with Gasteiger partial charge in [0.25, 0.3) is 0 Å². The van der Waals surface area contributed by atoms with Gasteiger partial charge in [-0.25, -0.2) is 0 Å². The molecule has 0 aromatic rings. The van der Waals surface area contributed by atoms with Gasteiger partial charge in [-0.2, -0.15) is 0 Å². The van der Waals surface area contributed by atoms with Crippen LogP contribution in [0.1, 0.15) is 71.6 Å². The predicted octanol–water partition coefficient (Wildman–Crippen LogP) is 6.52. The normalized spacial score (nSPS) is 33.2. The van der Waals surface area contributed by atoms with E-state index in [9.17, 15) is 0 Å². The Labute approximate surface area is 136 Å². The van der Waals surface area contributed by atoms with E-state index in [2.05, 4.69) is 38.2 Å². The minimum Gasteiger partial charge on any atom is -0.0802 e. The van der Waals surface area contributed by atoms with Gasteiger partial charge in [0, 0.05) is 0 Å². The van der Waals surface area contributed by atoms with Gasteiger partial charge < -0.3 is 0 Å². The summed E-state index contributed by atoms with van der Waals surface area (Å²) in [6.45, 7) is 5.07. The summed E-state index contributed by atoms with van der Waals surface area (Å²) in [5, 5.41) is 0. The molecule has 0 heterocycles. The molecule has 0 saturated heterocycles. The second-order valence-electron chi connectivity index (χ2n) is 8.21. The van der Waals surface area contributed by atoms with Crippen molar-refractivity contribution in [2.45, 2.75) is 71.6 Å². The molecule has 4 aliphatic rings. The molecule has 0 aromatic heterocycles. The summed E-state index contributed by atoms with van der Waals surface area (Å²) in [6.07, 6.45) is 21.8. The molecular weight excluding hydrogens is 264 g/mol. The van der Waals surface area contributed by atoms with E-state index in [1.54, 1.807) is 22.3 Å². The van der Waals surface area contributed by atoms with Crippen LogP contribution in [0.4, 0.5) is 0 Å². The molecule has 0 N–H and O–H groups in total. The topological polar surface area (TPSA) is 0 Å². The summed E-state index contributed by atoms with van der Waals surface area (Å²) in [6, 6.07) is 0. The van der Waals surface area contributed by atoms with E-state index < -0.39 is 0 Å². The molecule has 0 aromatic carbocycles. The fourth-order valence-electron chi connectivity index (χ4n) is 5.60. The highest BCUT2D eigenvalue weighted by Gasteiger charge is 2.42. The molecular formula is C22H30. The van der Waals surface area contributed by atoms with Gasteiger partial charge in [0.05, 0.1) is 0 Å². The summed E-state index contributed by atoms with van der Waals surface area (Å²) in [4.78, 5) is 0. The van der Waals surface area contributed by atoms with E-state index in [1.165, 1.54) is 57.8 Å². The zero-order chi connectivity index (χ0) is 15.2. The van der Waals surface area contributed by atoms with Crippen molar-refractivity contribution in [1.29, 1.82) is 0 Å². The zero-order valence-corrected chi connectivity index (χ0v) is 14.3. The third kappa shape index (κ3) is 2.27. The Morgan fingerprint density at radius 3 is 1.86 bits per heavy atom. The first-order chi connectivity index (χ1) is 10.7. The Balaban J connectivity index is 1.55. The molecule has 0 bridgehead atoms. The second-order valence-corrected chi connectivity index (χ2v) is 8.21. The molecule has 0 amide bonds. The maximum absolute atomic E-state index is 2.62. The second kappa shape index (κ2) is 5.55. The Hall–Kier alpha value is -1.04. The van der Waals surface area contributed by atoms with Crippen LogP contribution in [0.25, 0.3) is 0 Å². The first-order valence-electron chi connectivity index (χ1n) is 9.45. The fourth-order valence-corrected chi connectivity index (χ4v) is 5.60. The van der Waals surface area contributed by atoms with E-state index in [1.807, 2.05) is 0 Å². The minimum atomic E-state index is 0.532. The average Bonchev–Trinajstić information content (AvgIpc) is 3.21. The van der Waals surface area contributed by atoms with Crippen molar-refractivity contribution in [3.05, 3.63) is 46.6 Å². The average molecular weight is 294 g/mol. The van der Waals surface area contributed by atoms with Crippen molar-refractivity contribution in [1.82, 2.24) is 0 Å². The number of hydrogen-bond donors (Lipinski definition) is 0. The van der Waals surface area contributed by atoms with Crippen LogP contribution < -0.4 is 0 Å². The predicted molar refractivity (Wildman–Crippen MR) is 94.6 cm³/mol. The number of rotatable bonds is 3. The Morgan fingerprint density at radius 1 is 0.909 bits per heavy atom. The molecule has 118 valence electrons. The van der Waals surface area contributed by atoms with Crippen molar-refractivity contribution < 1.29 is 0 Å². The van der Waals surface area contributed by atoms with Crippen molar-refractivity contribution in [2.75, 3.05) is 0 Å². The van der Waals surface area contributed by atoms with Gasteiger partial charge >= 0.3 is 0 Å². The first kappa shape index (κ1) is 14.5. The SMILES string of the molecule is CCC(C)(C1CCC2=C(C=CC2)C1)C1CCC2=C(C=CC2)C1. The van der Waals surface area contributed by atoms with Crippen LogP contribution in [-0.4, -0.2) is 0 Å². The molecule has 0 aliphatic heterocycles. The van der Waals surface area contributed by atoms with Crippen molar-refractivity contribution in [3.63, 3.8) is 0 Å². The lowest BCUT2D eigenvalue weighted by atomic mass is 9.58. The molecule has 0 spiro atoms. The molecule has 0 nitrogen and oxygen atoms in total. The standard InChI is InChI=1S/C22H30/c1-3-22(2,20-12-10-16-6-4-8-18(16)14-20)21-13-11-17-7-5-9-19(17)15-21/h4-5,8-9,20-21H,3,6-7,10-15H2,1-2H3. The van der Waals surface area contributed by atoms with Gasteiger partial charge in [-0.15, -0.1) is 0 Å². The van der Waals surface area contributed by atoms with Gasteiger partial charge in [0.1, 0.15) is 0 Å². The maximum atomic E-state index is 2.62. The van der Waals surface area contributed by atoms with Crippen molar-refractivity contribution in [2.24, 2.45) is 17.3 Å². The van der Waals surface area contributed by atoms with E-state index in [0.717, 1.165) is 11.8 Å². The van der Waals surface area contributed by atoms with Crippen molar-refractivity contribution in [3.8, 4) is 0 Å². The maximum Gasteiger partial charge on any atom is -0.0130 e. The molecule has 4 aliphatic carbocycles. The summed E-state index contributed by atoms with van der Waals surface area (Å²) in [7, 11) is 0. The molecule has 22 heavy (non-hydrogen) atoms. The Morgan fingerprint density at radius 2 is 1.41 bits per heavy atom. The van der Waals surface area contributed by atoms with Crippen LogP contribution in [0.5, 0.6) is 0 Å². The zero-order valence-electron chi connectivity index (χ0n) is 14.3. The molecule has 4 rings (SSSR count). The summed E-state index contributed by atoms with van der Waals surface area (Å²) < 4.78 is 0. The molecule has 2 unspecified atom stereocenters. The van der Waals surface area contributed by atoms with Crippen LogP contribution in [0.15, 0.2) is 46.6 Å². The van der Waals surface area contributed by atoms with Crippen LogP contribution in [-0.2, 0) is 0 Å². The third-order valence-corrected chi connectivity index (χ3v) is 7.42. The van der Waals surface area contributed by atoms with Crippen LogP contribution >= 0.6 is 0 Å². The van der Waals surface area contributed by atoms with Gasteiger partial charge in [-0.05, 0) is 79.8 Å². The Bertz CT molecular complexity index is 533. The smallest absolute Gasteiger partial charge is 0.0130 e. The third-order valence-electron chi connectivity index (χ3n) is 7.42. The highest BCUT2D eigenvalue weighted by molar-refractivity contribution is 5.38. The highest BCUT2D eigenvalue weighted by atomic mass is 14.5. The molecule has 0 fully saturated rings. The lowest BCUT2D eigenvalue weighted by Gasteiger charge is -2.47.